The molecule has 0 aliphatic carbocycles. The Morgan fingerprint density at radius 1 is 1.36 bits per heavy atom. The van der Waals surface area contributed by atoms with Crippen LogP contribution in [-0.2, 0) is 4.43 Å². The molecule has 0 bridgehead atoms. The minimum Gasteiger partial charge on any atom is -0.422 e. The van der Waals surface area contributed by atoms with Crippen molar-refractivity contribution in [2.24, 2.45) is 0 Å². The molecule has 0 aliphatic rings. The van der Waals surface area contributed by atoms with Crippen LogP contribution in [0.15, 0.2) is 0 Å². The van der Waals surface area contributed by atoms with Crippen molar-refractivity contribution in [3.05, 3.63) is 0 Å². The maximum Gasteiger partial charge on any atom is 0.388 e. The standard InChI is InChI=1S/C6H13F3OSi/c1-5(2)10-11-4-3-6(7,8)9/h5H,3-4,11H2,1-2H3. The first-order valence-electron chi connectivity index (χ1n) is 3.60. The molecule has 0 saturated heterocycles. The van der Waals surface area contributed by atoms with Gasteiger partial charge in [0.25, 0.3) is 0 Å². The molecule has 68 valence electrons. The highest BCUT2D eigenvalue weighted by Gasteiger charge is 2.26. The van der Waals surface area contributed by atoms with Gasteiger partial charge in [-0.3, -0.25) is 0 Å². The van der Waals surface area contributed by atoms with Crippen LogP contribution in [0.5, 0.6) is 0 Å². The van der Waals surface area contributed by atoms with Crippen molar-refractivity contribution in [2.45, 2.75) is 38.6 Å². The minimum absolute atomic E-state index is 0.0786. The fourth-order valence-corrected chi connectivity index (χ4v) is 1.77. The van der Waals surface area contributed by atoms with Gasteiger partial charge in [-0.1, -0.05) is 0 Å². The van der Waals surface area contributed by atoms with Crippen LogP contribution in [0, 0.1) is 0 Å². The van der Waals surface area contributed by atoms with Crippen LogP contribution in [0.4, 0.5) is 13.2 Å². The smallest absolute Gasteiger partial charge is 0.388 e. The minimum atomic E-state index is -4.01. The fourth-order valence-electron chi connectivity index (χ4n) is 0.592. The van der Waals surface area contributed by atoms with Gasteiger partial charge in [0.2, 0.25) is 0 Å². The third kappa shape index (κ3) is 9.97. The zero-order valence-electron chi connectivity index (χ0n) is 6.74. The Morgan fingerprint density at radius 3 is 2.27 bits per heavy atom. The van der Waals surface area contributed by atoms with E-state index >= 15 is 0 Å². The molecule has 0 amide bonds. The lowest BCUT2D eigenvalue weighted by molar-refractivity contribution is -0.130. The second-order valence-electron chi connectivity index (χ2n) is 2.64. The summed E-state index contributed by atoms with van der Waals surface area (Å²) in [6.45, 7) is 3.67. The Bertz CT molecular complexity index is 102. The van der Waals surface area contributed by atoms with Crippen molar-refractivity contribution < 1.29 is 17.6 Å². The predicted octanol–water partition coefficient (Wildman–Crippen LogP) is 1.87. The monoisotopic (exact) mass is 186 g/mol. The number of halogens is 3. The summed E-state index contributed by atoms with van der Waals surface area (Å²) in [6, 6.07) is 0.196. The third-order valence-electron chi connectivity index (χ3n) is 1.06. The molecule has 0 fully saturated rings. The zero-order chi connectivity index (χ0) is 8.91. The Labute approximate surface area is 66.9 Å². The van der Waals surface area contributed by atoms with Crippen molar-refractivity contribution >= 4 is 9.76 Å². The summed E-state index contributed by atoms with van der Waals surface area (Å²) >= 11 is 0. The molecule has 0 rings (SSSR count). The molecule has 0 aromatic carbocycles. The van der Waals surface area contributed by atoms with Gasteiger partial charge in [-0.2, -0.15) is 13.2 Å². The van der Waals surface area contributed by atoms with Crippen molar-refractivity contribution in [3.63, 3.8) is 0 Å². The summed E-state index contributed by atoms with van der Waals surface area (Å²) in [5, 5.41) is 0. The zero-order valence-corrected chi connectivity index (χ0v) is 8.16. The summed E-state index contributed by atoms with van der Waals surface area (Å²) in [7, 11) is -0.936. The average Bonchev–Trinajstić information content (AvgIpc) is 1.78. The summed E-state index contributed by atoms with van der Waals surface area (Å²) in [5.41, 5.74) is 0. The first-order chi connectivity index (χ1) is 4.92. The SMILES string of the molecule is CC(C)O[SiH2]CCC(F)(F)F. The highest BCUT2D eigenvalue weighted by Crippen LogP contribution is 2.21. The van der Waals surface area contributed by atoms with E-state index < -0.39 is 22.4 Å². The van der Waals surface area contributed by atoms with E-state index in [4.69, 9.17) is 4.43 Å². The number of hydrogen-bond acceptors (Lipinski definition) is 1. The molecule has 0 heterocycles. The van der Waals surface area contributed by atoms with Crippen molar-refractivity contribution in [1.82, 2.24) is 0 Å². The lowest BCUT2D eigenvalue weighted by Crippen LogP contribution is -2.12. The van der Waals surface area contributed by atoms with Gasteiger partial charge in [0, 0.05) is 12.5 Å². The maximum absolute atomic E-state index is 11.5. The predicted molar refractivity (Wildman–Crippen MR) is 40.2 cm³/mol. The molecule has 0 N–H and O–H groups in total. The van der Waals surface area contributed by atoms with E-state index in [1.54, 1.807) is 0 Å². The quantitative estimate of drug-likeness (QED) is 0.481. The van der Waals surface area contributed by atoms with Gasteiger partial charge in [-0.25, -0.2) is 0 Å². The lowest BCUT2D eigenvalue weighted by Gasteiger charge is -2.08. The molecule has 0 aromatic rings. The molecule has 11 heavy (non-hydrogen) atoms. The van der Waals surface area contributed by atoms with Crippen LogP contribution in [0.3, 0.4) is 0 Å². The third-order valence-corrected chi connectivity index (χ3v) is 2.60. The van der Waals surface area contributed by atoms with Gasteiger partial charge in [0.05, 0.1) is 0 Å². The Hall–Kier alpha value is -0.0331. The van der Waals surface area contributed by atoms with E-state index in [-0.39, 0.29) is 12.1 Å². The van der Waals surface area contributed by atoms with Crippen molar-refractivity contribution in [1.29, 1.82) is 0 Å². The first kappa shape index (κ1) is 11.0. The van der Waals surface area contributed by atoms with E-state index in [2.05, 4.69) is 0 Å². The van der Waals surface area contributed by atoms with Crippen LogP contribution < -0.4 is 0 Å². The molecule has 0 unspecified atom stereocenters. The second kappa shape index (κ2) is 4.77. The van der Waals surface area contributed by atoms with E-state index in [1.807, 2.05) is 13.8 Å². The van der Waals surface area contributed by atoms with E-state index in [0.717, 1.165) is 0 Å². The molecule has 0 aliphatic heterocycles. The summed E-state index contributed by atoms with van der Waals surface area (Å²) in [6.07, 6.45) is -4.62. The maximum atomic E-state index is 11.5. The first-order valence-corrected chi connectivity index (χ1v) is 5.18. The topological polar surface area (TPSA) is 9.23 Å². The van der Waals surface area contributed by atoms with Gasteiger partial charge < -0.3 is 4.43 Å². The molecule has 5 heteroatoms. The molecular formula is C6H13F3OSi. The Balaban J connectivity index is 3.15. The summed E-state index contributed by atoms with van der Waals surface area (Å²) in [4.78, 5) is 0. The van der Waals surface area contributed by atoms with E-state index in [0.29, 0.717) is 0 Å². The van der Waals surface area contributed by atoms with Crippen LogP contribution in [0.1, 0.15) is 20.3 Å². The van der Waals surface area contributed by atoms with Gasteiger partial charge in [-0.05, 0) is 19.9 Å². The van der Waals surface area contributed by atoms with Crippen LogP contribution in [-0.4, -0.2) is 22.0 Å². The Morgan fingerprint density at radius 2 is 1.91 bits per heavy atom. The van der Waals surface area contributed by atoms with Gasteiger partial charge in [0.15, 0.2) is 9.76 Å². The van der Waals surface area contributed by atoms with Gasteiger partial charge in [-0.15, -0.1) is 0 Å². The molecule has 0 atom stereocenters. The average molecular weight is 186 g/mol. The van der Waals surface area contributed by atoms with Gasteiger partial charge >= 0.3 is 6.18 Å². The Kier molecular flexibility index (Phi) is 4.75. The van der Waals surface area contributed by atoms with E-state index in [1.165, 1.54) is 0 Å². The van der Waals surface area contributed by atoms with Crippen molar-refractivity contribution in [2.75, 3.05) is 0 Å². The number of hydrogen-bond donors (Lipinski definition) is 0. The van der Waals surface area contributed by atoms with Gasteiger partial charge in [0.1, 0.15) is 0 Å². The largest absolute Gasteiger partial charge is 0.422 e. The molecule has 1 nitrogen and oxygen atoms in total. The van der Waals surface area contributed by atoms with Crippen LogP contribution >= 0.6 is 0 Å². The molecular weight excluding hydrogens is 173 g/mol. The molecule has 0 aromatic heterocycles. The second-order valence-corrected chi connectivity index (χ2v) is 4.09. The summed E-state index contributed by atoms with van der Waals surface area (Å²) < 4.78 is 39.7. The molecule has 0 saturated carbocycles. The van der Waals surface area contributed by atoms with E-state index in [9.17, 15) is 13.2 Å². The van der Waals surface area contributed by atoms with Crippen LogP contribution in [0.25, 0.3) is 0 Å². The lowest BCUT2D eigenvalue weighted by atomic mass is 10.5. The fraction of sp³-hybridized carbons (Fsp3) is 1.00. The highest BCUT2D eigenvalue weighted by atomic mass is 28.2. The summed E-state index contributed by atoms with van der Waals surface area (Å²) in [5.74, 6) is 0. The molecule has 0 spiro atoms. The van der Waals surface area contributed by atoms with Crippen molar-refractivity contribution in [3.8, 4) is 0 Å². The molecule has 0 radical (unpaired) electrons. The van der Waals surface area contributed by atoms with Crippen LogP contribution in [0.2, 0.25) is 6.04 Å². The normalized spacial score (nSPS) is 13.6. The highest BCUT2D eigenvalue weighted by molar-refractivity contribution is 6.27. The number of alkyl halides is 3. The number of rotatable bonds is 4.